The van der Waals surface area contributed by atoms with E-state index in [4.69, 9.17) is 4.74 Å². The van der Waals surface area contributed by atoms with Crippen LogP contribution in [0.4, 0.5) is 0 Å². The lowest BCUT2D eigenvalue weighted by molar-refractivity contribution is -0.153. The van der Waals surface area contributed by atoms with E-state index in [9.17, 15) is 14.7 Å². The molecule has 3 rings (SSSR count). The second-order valence-corrected chi connectivity index (χ2v) is 5.87. The molecule has 2 aliphatic rings. The molecule has 0 radical (unpaired) electrons. The van der Waals surface area contributed by atoms with Gasteiger partial charge < -0.3 is 14.7 Å². The van der Waals surface area contributed by atoms with Crippen molar-refractivity contribution in [1.29, 1.82) is 0 Å². The number of carboxylic acids is 1. The number of carbonyl (C=O) groups excluding carboxylic acids is 1. The van der Waals surface area contributed by atoms with E-state index in [1.807, 2.05) is 31.2 Å². The van der Waals surface area contributed by atoms with Crippen molar-refractivity contribution in [3.05, 3.63) is 35.4 Å². The van der Waals surface area contributed by atoms with Crippen LogP contribution in [0.15, 0.2) is 24.3 Å². The van der Waals surface area contributed by atoms with Crippen LogP contribution in [-0.2, 0) is 27.3 Å². The minimum Gasteiger partial charge on any atom is -0.480 e. The summed E-state index contributed by atoms with van der Waals surface area (Å²) in [7, 11) is 0. The number of hydrogen-bond acceptors (Lipinski definition) is 3. The van der Waals surface area contributed by atoms with E-state index in [-0.39, 0.29) is 17.9 Å². The van der Waals surface area contributed by atoms with Crippen LogP contribution in [0, 0.1) is 5.92 Å². The van der Waals surface area contributed by atoms with Crippen molar-refractivity contribution < 1.29 is 19.4 Å². The third-order valence-corrected chi connectivity index (χ3v) is 4.36. The van der Waals surface area contributed by atoms with Crippen LogP contribution in [0.5, 0.6) is 0 Å². The molecule has 5 nitrogen and oxygen atoms in total. The highest BCUT2D eigenvalue weighted by Crippen LogP contribution is 2.28. The fourth-order valence-corrected chi connectivity index (χ4v) is 3.20. The topological polar surface area (TPSA) is 66.8 Å². The van der Waals surface area contributed by atoms with E-state index >= 15 is 0 Å². The summed E-state index contributed by atoms with van der Waals surface area (Å²) in [6.07, 6.45) is 1.11. The molecule has 3 atom stereocenters. The summed E-state index contributed by atoms with van der Waals surface area (Å²) in [5.74, 6) is -1.25. The Kier molecular flexibility index (Phi) is 3.68. The van der Waals surface area contributed by atoms with Crippen molar-refractivity contribution in [2.45, 2.75) is 38.5 Å². The Bertz CT molecular complexity index is 571. The third-order valence-electron chi connectivity index (χ3n) is 4.36. The largest absolute Gasteiger partial charge is 0.480 e. The van der Waals surface area contributed by atoms with E-state index < -0.39 is 12.0 Å². The second kappa shape index (κ2) is 5.48. The van der Waals surface area contributed by atoms with Crippen molar-refractivity contribution in [3.63, 3.8) is 0 Å². The van der Waals surface area contributed by atoms with Crippen molar-refractivity contribution in [3.8, 4) is 0 Å². The fraction of sp³-hybridized carbons (Fsp3) is 0.500. The van der Waals surface area contributed by atoms with Gasteiger partial charge in [0.1, 0.15) is 6.04 Å². The highest BCUT2D eigenvalue weighted by molar-refractivity contribution is 5.86. The van der Waals surface area contributed by atoms with E-state index in [1.165, 1.54) is 4.90 Å². The number of carboxylic acid groups (broad SMARTS) is 1. The summed E-state index contributed by atoms with van der Waals surface area (Å²) in [4.78, 5) is 25.7. The van der Waals surface area contributed by atoms with Crippen molar-refractivity contribution in [1.82, 2.24) is 4.90 Å². The Morgan fingerprint density at radius 2 is 2.00 bits per heavy atom. The standard InChI is InChI=1S/C16H19NO4/c1-10-6-13(9-21-10)15(18)17-8-12-5-3-2-4-11(12)7-14(17)16(19)20/h2-5,10,13-14H,6-9H2,1H3,(H,19,20)/t10?,13?,14-/m1/s1. The molecule has 0 spiro atoms. The summed E-state index contributed by atoms with van der Waals surface area (Å²) < 4.78 is 5.45. The van der Waals surface area contributed by atoms with Crippen LogP contribution in [0.25, 0.3) is 0 Å². The zero-order chi connectivity index (χ0) is 15.0. The van der Waals surface area contributed by atoms with Crippen molar-refractivity contribution in [2.75, 3.05) is 6.61 Å². The Morgan fingerprint density at radius 1 is 1.29 bits per heavy atom. The van der Waals surface area contributed by atoms with Gasteiger partial charge in [0.05, 0.1) is 18.6 Å². The van der Waals surface area contributed by atoms with Crippen LogP contribution in [0.1, 0.15) is 24.5 Å². The average Bonchev–Trinajstić information content (AvgIpc) is 2.91. The first kappa shape index (κ1) is 14.1. The van der Waals surface area contributed by atoms with Crippen LogP contribution in [0.3, 0.4) is 0 Å². The molecule has 0 saturated carbocycles. The molecule has 1 saturated heterocycles. The van der Waals surface area contributed by atoms with Gasteiger partial charge in [-0.2, -0.15) is 0 Å². The minimum atomic E-state index is -0.940. The number of hydrogen-bond donors (Lipinski definition) is 1. The molecule has 2 unspecified atom stereocenters. The van der Waals surface area contributed by atoms with E-state index in [2.05, 4.69) is 0 Å². The Morgan fingerprint density at radius 3 is 2.62 bits per heavy atom. The predicted molar refractivity (Wildman–Crippen MR) is 75.6 cm³/mol. The molecular formula is C16H19NO4. The molecule has 1 aromatic rings. The van der Waals surface area contributed by atoms with Gasteiger partial charge in [0, 0.05) is 13.0 Å². The zero-order valence-electron chi connectivity index (χ0n) is 12.0. The van der Waals surface area contributed by atoms with Gasteiger partial charge in [-0.15, -0.1) is 0 Å². The van der Waals surface area contributed by atoms with Gasteiger partial charge in [0.15, 0.2) is 0 Å². The smallest absolute Gasteiger partial charge is 0.326 e. The van der Waals surface area contributed by atoms with Crippen LogP contribution < -0.4 is 0 Å². The number of carbonyl (C=O) groups is 2. The quantitative estimate of drug-likeness (QED) is 0.895. The maximum atomic E-state index is 12.7. The molecule has 1 fully saturated rings. The normalized spacial score (nSPS) is 28.2. The Labute approximate surface area is 123 Å². The van der Waals surface area contributed by atoms with E-state index in [0.29, 0.717) is 26.0 Å². The average molecular weight is 289 g/mol. The number of aliphatic carboxylic acids is 1. The molecule has 2 aliphatic heterocycles. The molecule has 5 heteroatoms. The summed E-state index contributed by atoms with van der Waals surface area (Å²) in [6, 6.07) is 6.95. The number of ether oxygens (including phenoxy) is 1. The first-order valence-corrected chi connectivity index (χ1v) is 7.28. The second-order valence-electron chi connectivity index (χ2n) is 5.87. The number of rotatable bonds is 2. The molecule has 112 valence electrons. The summed E-state index contributed by atoms with van der Waals surface area (Å²) in [6.45, 7) is 2.70. The first-order chi connectivity index (χ1) is 10.1. The number of benzene rings is 1. The highest BCUT2D eigenvalue weighted by Gasteiger charge is 2.39. The number of nitrogens with zero attached hydrogens (tertiary/aromatic N) is 1. The van der Waals surface area contributed by atoms with Gasteiger partial charge in [-0.3, -0.25) is 4.79 Å². The Hall–Kier alpha value is -1.88. The monoisotopic (exact) mass is 289 g/mol. The molecule has 0 aromatic heterocycles. The van der Waals surface area contributed by atoms with E-state index in [1.54, 1.807) is 0 Å². The maximum Gasteiger partial charge on any atom is 0.326 e. The SMILES string of the molecule is CC1CC(C(=O)N2Cc3ccccc3C[C@@H]2C(=O)O)CO1. The summed E-state index contributed by atoms with van der Waals surface area (Å²) >= 11 is 0. The lowest BCUT2D eigenvalue weighted by Crippen LogP contribution is -2.50. The van der Waals surface area contributed by atoms with Crippen LogP contribution >= 0.6 is 0 Å². The van der Waals surface area contributed by atoms with Gasteiger partial charge in [-0.25, -0.2) is 4.79 Å². The Balaban J connectivity index is 1.85. The molecule has 1 aromatic carbocycles. The molecule has 21 heavy (non-hydrogen) atoms. The molecule has 1 N–H and O–H groups in total. The number of fused-ring (bicyclic) bond motifs is 1. The van der Waals surface area contributed by atoms with E-state index in [0.717, 1.165) is 11.1 Å². The van der Waals surface area contributed by atoms with Crippen LogP contribution in [0.2, 0.25) is 0 Å². The van der Waals surface area contributed by atoms with Gasteiger partial charge in [-0.1, -0.05) is 24.3 Å². The van der Waals surface area contributed by atoms with Crippen molar-refractivity contribution >= 4 is 11.9 Å². The minimum absolute atomic E-state index is 0.0688. The highest BCUT2D eigenvalue weighted by atomic mass is 16.5. The van der Waals surface area contributed by atoms with Gasteiger partial charge >= 0.3 is 5.97 Å². The molecule has 0 bridgehead atoms. The van der Waals surface area contributed by atoms with Gasteiger partial charge in [0.25, 0.3) is 0 Å². The summed E-state index contributed by atoms with van der Waals surface area (Å²) in [5.41, 5.74) is 2.06. The molecule has 0 aliphatic carbocycles. The lowest BCUT2D eigenvalue weighted by atomic mass is 9.92. The molecule has 2 heterocycles. The predicted octanol–water partition coefficient (Wildman–Crippen LogP) is 1.45. The van der Waals surface area contributed by atoms with Gasteiger partial charge in [0.2, 0.25) is 5.91 Å². The lowest BCUT2D eigenvalue weighted by Gasteiger charge is -2.35. The van der Waals surface area contributed by atoms with Crippen molar-refractivity contribution in [2.24, 2.45) is 5.92 Å². The van der Waals surface area contributed by atoms with Gasteiger partial charge in [-0.05, 0) is 24.5 Å². The molecule has 1 amide bonds. The first-order valence-electron chi connectivity index (χ1n) is 7.28. The summed E-state index contributed by atoms with van der Waals surface area (Å²) in [5, 5.41) is 9.45. The molecular weight excluding hydrogens is 270 g/mol. The third kappa shape index (κ3) is 2.65. The van der Waals surface area contributed by atoms with Crippen LogP contribution in [-0.4, -0.2) is 40.6 Å². The maximum absolute atomic E-state index is 12.7. The number of amides is 1. The zero-order valence-corrected chi connectivity index (χ0v) is 12.0. The fourth-order valence-electron chi connectivity index (χ4n) is 3.20.